The highest BCUT2D eigenvalue weighted by Gasteiger charge is 2.21. The van der Waals surface area contributed by atoms with Gasteiger partial charge in [0.15, 0.2) is 0 Å². The second kappa shape index (κ2) is 8.29. The van der Waals surface area contributed by atoms with Crippen LogP contribution in [-0.2, 0) is 10.0 Å². The molecule has 1 amide bonds. The van der Waals surface area contributed by atoms with Gasteiger partial charge in [-0.05, 0) is 49.7 Å². The topological polar surface area (TPSA) is 93.5 Å². The fourth-order valence-corrected chi connectivity index (χ4v) is 3.93. The predicted octanol–water partition coefficient (Wildman–Crippen LogP) is 3.00. The minimum Gasteiger partial charge on any atom is -0.495 e. The molecule has 0 unspecified atom stereocenters. The summed E-state index contributed by atoms with van der Waals surface area (Å²) in [6, 6.07) is 12.1. The first-order chi connectivity index (χ1) is 14.1. The van der Waals surface area contributed by atoms with Crippen molar-refractivity contribution in [3.05, 3.63) is 65.5 Å². The summed E-state index contributed by atoms with van der Waals surface area (Å²) in [5, 5.41) is 7.08. The lowest BCUT2D eigenvalue weighted by Crippen LogP contribution is -2.22. The number of anilines is 1. The number of nitrogens with zero attached hydrogens (tertiary/aromatic N) is 3. The summed E-state index contributed by atoms with van der Waals surface area (Å²) in [4.78, 5) is 13.0. The average Bonchev–Trinajstić information content (AvgIpc) is 3.09. The molecule has 0 radical (unpaired) electrons. The Labute approximate surface area is 176 Å². The molecular formula is C21H24N4O4S. The number of sulfonamides is 1. The van der Waals surface area contributed by atoms with Gasteiger partial charge in [0, 0.05) is 14.1 Å². The van der Waals surface area contributed by atoms with Gasteiger partial charge in [0.25, 0.3) is 5.91 Å². The van der Waals surface area contributed by atoms with Crippen molar-refractivity contribution in [1.29, 1.82) is 0 Å². The molecule has 3 aromatic rings. The minimum atomic E-state index is -3.66. The summed E-state index contributed by atoms with van der Waals surface area (Å²) in [7, 11) is 0.682. The zero-order valence-electron chi connectivity index (χ0n) is 17.5. The minimum absolute atomic E-state index is 0.0516. The number of hydrogen-bond acceptors (Lipinski definition) is 5. The third kappa shape index (κ3) is 4.07. The molecule has 0 saturated carbocycles. The molecule has 158 valence electrons. The van der Waals surface area contributed by atoms with Gasteiger partial charge in [-0.2, -0.15) is 5.10 Å². The van der Waals surface area contributed by atoms with Gasteiger partial charge in [0.2, 0.25) is 10.0 Å². The van der Waals surface area contributed by atoms with Crippen LogP contribution in [0.5, 0.6) is 5.75 Å². The van der Waals surface area contributed by atoms with Crippen LogP contribution in [0.15, 0.2) is 53.6 Å². The van der Waals surface area contributed by atoms with Crippen LogP contribution in [-0.4, -0.2) is 49.6 Å². The molecule has 2 aromatic carbocycles. The molecule has 0 atom stereocenters. The highest BCUT2D eigenvalue weighted by Crippen LogP contribution is 2.29. The van der Waals surface area contributed by atoms with Crippen molar-refractivity contribution in [2.45, 2.75) is 18.7 Å². The SMILES string of the molecule is COc1ccc(S(=O)(=O)N(C)C)cc1NC(=O)c1cnn(-c2cccc(C)c2)c1C. The first-order valence-electron chi connectivity index (χ1n) is 9.18. The van der Waals surface area contributed by atoms with Crippen molar-refractivity contribution in [3.63, 3.8) is 0 Å². The molecule has 0 bridgehead atoms. The van der Waals surface area contributed by atoms with Crippen molar-refractivity contribution in [1.82, 2.24) is 14.1 Å². The first kappa shape index (κ1) is 21.5. The maximum atomic E-state index is 12.9. The summed E-state index contributed by atoms with van der Waals surface area (Å²) in [6.45, 7) is 3.78. The first-order valence-corrected chi connectivity index (χ1v) is 10.6. The quantitative estimate of drug-likeness (QED) is 0.651. The Hall–Kier alpha value is -3.17. The molecule has 1 aromatic heterocycles. The molecule has 0 saturated heterocycles. The smallest absolute Gasteiger partial charge is 0.259 e. The molecular weight excluding hydrogens is 404 g/mol. The van der Waals surface area contributed by atoms with Crippen molar-refractivity contribution in [3.8, 4) is 11.4 Å². The number of benzene rings is 2. The molecule has 1 N–H and O–H groups in total. The molecule has 9 heteroatoms. The molecule has 8 nitrogen and oxygen atoms in total. The largest absolute Gasteiger partial charge is 0.495 e. The fourth-order valence-electron chi connectivity index (χ4n) is 3.00. The van der Waals surface area contributed by atoms with E-state index in [0.717, 1.165) is 15.6 Å². The second-order valence-electron chi connectivity index (χ2n) is 7.00. The van der Waals surface area contributed by atoms with Gasteiger partial charge < -0.3 is 10.1 Å². The number of methoxy groups -OCH3 is 1. The maximum Gasteiger partial charge on any atom is 0.259 e. The Bertz CT molecular complexity index is 1200. The van der Waals surface area contributed by atoms with Gasteiger partial charge in [-0.3, -0.25) is 4.79 Å². The summed E-state index contributed by atoms with van der Waals surface area (Å²) < 4.78 is 33.0. The second-order valence-corrected chi connectivity index (χ2v) is 9.15. The Morgan fingerprint density at radius 2 is 1.87 bits per heavy atom. The van der Waals surface area contributed by atoms with E-state index in [1.54, 1.807) is 11.6 Å². The normalized spacial score (nSPS) is 11.5. The zero-order valence-corrected chi connectivity index (χ0v) is 18.3. The Balaban J connectivity index is 1.95. The standard InChI is InChI=1S/C21H24N4O4S/c1-14-7-6-8-16(11-14)25-15(2)18(13-22-25)21(26)23-19-12-17(9-10-20(19)29-5)30(27,28)24(3)4/h6-13H,1-5H3,(H,23,26). The van der Waals surface area contributed by atoms with E-state index in [4.69, 9.17) is 4.74 Å². The number of rotatable bonds is 6. The maximum absolute atomic E-state index is 12.9. The van der Waals surface area contributed by atoms with Crippen molar-refractivity contribution >= 4 is 21.6 Å². The predicted molar refractivity (Wildman–Crippen MR) is 115 cm³/mol. The molecule has 0 aliphatic rings. The average molecular weight is 429 g/mol. The summed E-state index contributed by atoms with van der Waals surface area (Å²) in [5.41, 5.74) is 3.22. The number of hydrogen-bond donors (Lipinski definition) is 1. The molecule has 0 fully saturated rings. The van der Waals surface area contributed by atoms with Crippen LogP contribution in [0.25, 0.3) is 5.69 Å². The third-order valence-electron chi connectivity index (χ3n) is 4.70. The van der Waals surface area contributed by atoms with Gasteiger partial charge in [0.05, 0.1) is 40.8 Å². The van der Waals surface area contributed by atoms with E-state index in [1.807, 2.05) is 31.2 Å². The fraction of sp³-hybridized carbons (Fsp3) is 0.238. The summed E-state index contributed by atoms with van der Waals surface area (Å²) in [5.74, 6) is -0.0612. The van der Waals surface area contributed by atoms with Crippen molar-refractivity contribution in [2.75, 3.05) is 26.5 Å². The lowest BCUT2D eigenvalue weighted by Gasteiger charge is -2.15. The Kier molecular flexibility index (Phi) is 5.95. The molecule has 0 aliphatic heterocycles. The van der Waals surface area contributed by atoms with E-state index in [-0.39, 0.29) is 10.6 Å². The van der Waals surface area contributed by atoms with E-state index in [1.165, 1.54) is 45.6 Å². The van der Waals surface area contributed by atoms with E-state index >= 15 is 0 Å². The number of ether oxygens (including phenoxy) is 1. The van der Waals surface area contributed by atoms with Gasteiger partial charge >= 0.3 is 0 Å². The lowest BCUT2D eigenvalue weighted by atomic mass is 10.2. The summed E-state index contributed by atoms with van der Waals surface area (Å²) in [6.07, 6.45) is 1.49. The molecule has 3 rings (SSSR count). The Morgan fingerprint density at radius 3 is 2.50 bits per heavy atom. The number of amides is 1. The van der Waals surface area contributed by atoms with Crippen LogP contribution >= 0.6 is 0 Å². The van der Waals surface area contributed by atoms with E-state index in [0.29, 0.717) is 17.0 Å². The Morgan fingerprint density at radius 1 is 1.13 bits per heavy atom. The van der Waals surface area contributed by atoms with Crippen LogP contribution in [0.1, 0.15) is 21.6 Å². The monoisotopic (exact) mass is 428 g/mol. The van der Waals surface area contributed by atoms with Crippen molar-refractivity contribution < 1.29 is 17.9 Å². The number of carbonyl (C=O) groups excluding carboxylic acids is 1. The van der Waals surface area contributed by atoms with Crippen molar-refractivity contribution in [2.24, 2.45) is 0 Å². The highest BCUT2D eigenvalue weighted by molar-refractivity contribution is 7.89. The number of nitrogens with one attached hydrogen (secondary N) is 1. The van der Waals surface area contributed by atoms with Crippen LogP contribution < -0.4 is 10.1 Å². The van der Waals surface area contributed by atoms with Gasteiger partial charge in [-0.15, -0.1) is 0 Å². The van der Waals surface area contributed by atoms with Gasteiger partial charge in [0.1, 0.15) is 5.75 Å². The lowest BCUT2D eigenvalue weighted by molar-refractivity contribution is 0.102. The zero-order chi connectivity index (χ0) is 22.1. The number of carbonyl (C=O) groups is 1. The number of aromatic nitrogens is 2. The molecule has 0 aliphatic carbocycles. The molecule has 30 heavy (non-hydrogen) atoms. The highest BCUT2D eigenvalue weighted by atomic mass is 32.2. The number of aryl methyl sites for hydroxylation is 1. The molecule has 1 heterocycles. The third-order valence-corrected chi connectivity index (χ3v) is 6.51. The van der Waals surface area contributed by atoms with E-state index in [9.17, 15) is 13.2 Å². The van der Waals surface area contributed by atoms with Gasteiger partial charge in [-0.25, -0.2) is 17.4 Å². The van der Waals surface area contributed by atoms with Crippen LogP contribution in [0.2, 0.25) is 0 Å². The van der Waals surface area contributed by atoms with E-state index < -0.39 is 15.9 Å². The van der Waals surface area contributed by atoms with E-state index in [2.05, 4.69) is 10.4 Å². The van der Waals surface area contributed by atoms with Crippen LogP contribution in [0, 0.1) is 13.8 Å². The van der Waals surface area contributed by atoms with Crippen LogP contribution in [0.4, 0.5) is 5.69 Å². The van der Waals surface area contributed by atoms with Crippen LogP contribution in [0.3, 0.4) is 0 Å². The molecule has 0 spiro atoms. The van der Waals surface area contributed by atoms with Gasteiger partial charge in [-0.1, -0.05) is 12.1 Å². The summed E-state index contributed by atoms with van der Waals surface area (Å²) >= 11 is 0.